The van der Waals surface area contributed by atoms with Crippen molar-refractivity contribution in [1.29, 1.82) is 0 Å². The number of halogens is 1. The summed E-state index contributed by atoms with van der Waals surface area (Å²) in [6.07, 6.45) is 0. The molecule has 3 aliphatic rings. The SMILES string of the molecule is CC1(C)c2cc(N(c3ccc4c(c3)sc3ccccc34)c3ccccc3F)cc3c2N2c4c1cccc4C(c1ccccc1)(c1ccccc1)c1cccc(c12)C3(C)C. The molecular weight excluding hydrogens is 740 g/mol. The fourth-order valence-electron chi connectivity index (χ4n) is 11.0. The molecule has 284 valence electrons. The zero-order valence-electron chi connectivity index (χ0n) is 33.4. The topological polar surface area (TPSA) is 6.48 Å². The zero-order valence-corrected chi connectivity index (χ0v) is 34.2. The Labute approximate surface area is 348 Å². The monoisotopic (exact) mass is 780 g/mol. The number of nitrogens with zero attached hydrogens (tertiary/aromatic N) is 2. The van der Waals surface area contributed by atoms with Crippen LogP contribution in [0.15, 0.2) is 176 Å². The Bertz CT molecular complexity index is 3070. The minimum atomic E-state index is -0.552. The summed E-state index contributed by atoms with van der Waals surface area (Å²) < 4.78 is 18.8. The van der Waals surface area contributed by atoms with E-state index in [1.54, 1.807) is 23.5 Å². The number of rotatable bonds is 5. The molecule has 9 aromatic rings. The summed E-state index contributed by atoms with van der Waals surface area (Å²) in [6, 6.07) is 63.2. The molecule has 59 heavy (non-hydrogen) atoms. The highest BCUT2D eigenvalue weighted by Crippen LogP contribution is 2.68. The molecule has 0 unspecified atom stereocenters. The Morgan fingerprint density at radius 2 is 0.949 bits per heavy atom. The largest absolute Gasteiger partial charge is 0.309 e. The number of thiophene rings is 1. The van der Waals surface area contributed by atoms with Gasteiger partial charge in [-0.3, -0.25) is 0 Å². The van der Waals surface area contributed by atoms with Gasteiger partial charge in [-0.05, 0) is 87.0 Å². The number of anilines is 6. The van der Waals surface area contributed by atoms with E-state index in [-0.39, 0.29) is 5.82 Å². The molecule has 0 spiro atoms. The molecule has 0 saturated heterocycles. The van der Waals surface area contributed by atoms with Gasteiger partial charge >= 0.3 is 0 Å². The van der Waals surface area contributed by atoms with Gasteiger partial charge in [-0.2, -0.15) is 0 Å². The van der Waals surface area contributed by atoms with E-state index in [9.17, 15) is 0 Å². The van der Waals surface area contributed by atoms with Gasteiger partial charge < -0.3 is 9.80 Å². The lowest BCUT2D eigenvalue weighted by molar-refractivity contribution is 0.583. The van der Waals surface area contributed by atoms with Crippen LogP contribution in [0.25, 0.3) is 20.2 Å². The molecule has 0 amide bonds. The van der Waals surface area contributed by atoms with E-state index in [2.05, 4.69) is 189 Å². The smallest absolute Gasteiger partial charge is 0.147 e. The molecule has 4 heteroatoms. The molecule has 3 aliphatic heterocycles. The van der Waals surface area contributed by atoms with Gasteiger partial charge in [0.2, 0.25) is 0 Å². The molecule has 2 nitrogen and oxygen atoms in total. The van der Waals surface area contributed by atoms with Crippen molar-refractivity contribution in [3.05, 3.63) is 226 Å². The summed E-state index contributed by atoms with van der Waals surface area (Å²) in [7, 11) is 0. The Hall–Kier alpha value is -6.49. The summed E-state index contributed by atoms with van der Waals surface area (Å²) in [5, 5.41) is 2.47. The van der Waals surface area contributed by atoms with Crippen LogP contribution in [0.1, 0.15) is 72.2 Å². The first-order chi connectivity index (χ1) is 28.7. The number of hydrogen-bond donors (Lipinski definition) is 0. The van der Waals surface area contributed by atoms with Gasteiger partial charge in [0.25, 0.3) is 0 Å². The van der Waals surface area contributed by atoms with Gasteiger partial charge in [0.15, 0.2) is 0 Å². The van der Waals surface area contributed by atoms with E-state index < -0.39 is 16.2 Å². The van der Waals surface area contributed by atoms with Crippen molar-refractivity contribution in [2.24, 2.45) is 0 Å². The molecular formula is C55H41FN2S. The van der Waals surface area contributed by atoms with Crippen molar-refractivity contribution in [3.63, 3.8) is 0 Å². The predicted molar refractivity (Wildman–Crippen MR) is 245 cm³/mol. The highest BCUT2D eigenvalue weighted by Gasteiger charge is 2.55. The van der Waals surface area contributed by atoms with E-state index in [0.29, 0.717) is 5.69 Å². The lowest BCUT2D eigenvalue weighted by Crippen LogP contribution is -2.46. The summed E-state index contributed by atoms with van der Waals surface area (Å²) in [6.45, 7) is 9.52. The Morgan fingerprint density at radius 3 is 1.56 bits per heavy atom. The summed E-state index contributed by atoms with van der Waals surface area (Å²) in [4.78, 5) is 4.76. The number of fused-ring (bicyclic) bond motifs is 3. The third-order valence-electron chi connectivity index (χ3n) is 13.7. The van der Waals surface area contributed by atoms with Crippen molar-refractivity contribution in [2.75, 3.05) is 9.80 Å². The number of benzene rings is 8. The van der Waals surface area contributed by atoms with Gasteiger partial charge in [-0.25, -0.2) is 4.39 Å². The molecule has 0 N–H and O–H groups in total. The van der Waals surface area contributed by atoms with Crippen LogP contribution >= 0.6 is 11.3 Å². The van der Waals surface area contributed by atoms with Crippen LogP contribution in [0.5, 0.6) is 0 Å². The van der Waals surface area contributed by atoms with E-state index in [1.165, 1.54) is 81.7 Å². The first-order valence-electron chi connectivity index (χ1n) is 20.5. The Balaban J connectivity index is 1.17. The number of para-hydroxylation sites is 3. The maximum Gasteiger partial charge on any atom is 0.147 e. The fraction of sp³-hybridized carbons (Fsp3) is 0.127. The van der Waals surface area contributed by atoms with Crippen LogP contribution in [0.3, 0.4) is 0 Å². The second kappa shape index (κ2) is 12.0. The normalized spacial score (nSPS) is 15.9. The Morgan fingerprint density at radius 1 is 0.441 bits per heavy atom. The molecule has 0 fully saturated rings. The molecule has 12 rings (SSSR count). The lowest BCUT2D eigenvalue weighted by Gasteiger charge is -2.56. The molecule has 0 aliphatic carbocycles. The van der Waals surface area contributed by atoms with Crippen LogP contribution in [0, 0.1) is 5.82 Å². The van der Waals surface area contributed by atoms with E-state index in [1.807, 2.05) is 12.1 Å². The van der Waals surface area contributed by atoms with Crippen molar-refractivity contribution in [2.45, 2.75) is 43.9 Å². The van der Waals surface area contributed by atoms with Crippen LogP contribution in [0.4, 0.5) is 38.5 Å². The van der Waals surface area contributed by atoms with Crippen molar-refractivity contribution < 1.29 is 4.39 Å². The van der Waals surface area contributed by atoms with Crippen molar-refractivity contribution in [1.82, 2.24) is 0 Å². The molecule has 0 bridgehead atoms. The average molecular weight is 781 g/mol. The third-order valence-corrected chi connectivity index (χ3v) is 14.9. The van der Waals surface area contributed by atoms with Gasteiger partial charge in [-0.1, -0.05) is 161 Å². The van der Waals surface area contributed by atoms with Crippen molar-refractivity contribution >= 4 is 65.6 Å². The Kier molecular flexibility index (Phi) is 7.04. The lowest BCUT2D eigenvalue weighted by atomic mass is 9.57. The van der Waals surface area contributed by atoms with E-state index in [4.69, 9.17) is 0 Å². The minimum absolute atomic E-state index is 0.256. The first kappa shape index (κ1) is 34.5. The molecule has 1 aromatic heterocycles. The zero-order chi connectivity index (χ0) is 39.8. The minimum Gasteiger partial charge on any atom is -0.309 e. The molecule has 0 atom stereocenters. The van der Waals surface area contributed by atoms with Crippen LogP contribution in [0.2, 0.25) is 0 Å². The van der Waals surface area contributed by atoms with E-state index in [0.717, 1.165) is 11.4 Å². The fourth-order valence-corrected chi connectivity index (χ4v) is 12.1. The molecule has 8 aromatic carbocycles. The molecule has 0 radical (unpaired) electrons. The number of hydrogen-bond acceptors (Lipinski definition) is 3. The van der Waals surface area contributed by atoms with Crippen LogP contribution in [-0.4, -0.2) is 0 Å². The summed E-state index contributed by atoms with van der Waals surface area (Å²) in [5.41, 5.74) is 14.9. The van der Waals surface area contributed by atoms with Gasteiger partial charge in [-0.15, -0.1) is 11.3 Å². The maximum atomic E-state index is 16.3. The summed E-state index contributed by atoms with van der Waals surface area (Å²) >= 11 is 1.79. The molecule has 4 heterocycles. The van der Waals surface area contributed by atoms with Gasteiger partial charge in [0.1, 0.15) is 5.82 Å². The quantitative estimate of drug-likeness (QED) is 0.172. The highest BCUT2D eigenvalue weighted by atomic mass is 32.1. The average Bonchev–Trinajstić information content (AvgIpc) is 3.64. The van der Waals surface area contributed by atoms with Gasteiger partial charge in [0.05, 0.1) is 28.2 Å². The standard InChI is InChI=1S/C55H41FN2S/c1-53(2)40-22-15-24-42-50(40)58-51-41(23-16-25-43(51)55(42,34-17-7-5-8-18-34)35-19-9-6-10-20-35)54(3,4)45-32-37(31-44(53)52(45)58)57(47-27-13-12-26-46(47)56)36-29-30-39-38-21-11-14-28-48(38)59-49(39)33-36/h5-33H,1-4H3. The predicted octanol–water partition coefficient (Wildman–Crippen LogP) is 15.1. The third kappa shape index (κ3) is 4.45. The first-order valence-corrected chi connectivity index (χ1v) is 21.4. The maximum absolute atomic E-state index is 16.3. The van der Waals surface area contributed by atoms with E-state index >= 15 is 4.39 Å². The van der Waals surface area contributed by atoms with Crippen LogP contribution in [-0.2, 0) is 16.2 Å². The van der Waals surface area contributed by atoms with Crippen molar-refractivity contribution in [3.8, 4) is 0 Å². The second-order valence-corrected chi connectivity index (χ2v) is 18.5. The van der Waals surface area contributed by atoms with Crippen LogP contribution < -0.4 is 9.80 Å². The highest BCUT2D eigenvalue weighted by molar-refractivity contribution is 7.25. The summed E-state index contributed by atoms with van der Waals surface area (Å²) in [5.74, 6) is -0.256. The molecule has 0 saturated carbocycles. The van der Waals surface area contributed by atoms with Gasteiger partial charge in [0, 0.05) is 42.4 Å². The second-order valence-electron chi connectivity index (χ2n) is 17.4.